The van der Waals surface area contributed by atoms with Gasteiger partial charge in [-0.3, -0.25) is 4.79 Å². The number of fused-ring (bicyclic) bond motifs is 1. The zero-order chi connectivity index (χ0) is 12.5. The second kappa shape index (κ2) is 4.73. The maximum Gasteiger partial charge on any atom is 0.227 e. The maximum atomic E-state index is 12.3. The van der Waals surface area contributed by atoms with Crippen LogP contribution >= 0.6 is 0 Å². The number of amides is 1. The van der Waals surface area contributed by atoms with Gasteiger partial charge in [0.25, 0.3) is 0 Å². The number of piperidine rings is 1. The SMILES string of the molecule is Cc1cccc(CN2CC3NCCCC3C2=O)c1. The van der Waals surface area contributed by atoms with Crippen molar-refractivity contribution >= 4 is 5.91 Å². The van der Waals surface area contributed by atoms with Crippen molar-refractivity contribution < 1.29 is 4.79 Å². The van der Waals surface area contributed by atoms with E-state index in [-0.39, 0.29) is 5.92 Å². The number of nitrogens with zero attached hydrogens (tertiary/aromatic N) is 1. The van der Waals surface area contributed by atoms with E-state index in [1.54, 1.807) is 0 Å². The third-order valence-corrected chi connectivity index (χ3v) is 4.09. The van der Waals surface area contributed by atoms with E-state index < -0.39 is 0 Å². The first-order chi connectivity index (χ1) is 8.74. The van der Waals surface area contributed by atoms with Crippen LogP contribution < -0.4 is 5.32 Å². The van der Waals surface area contributed by atoms with Crippen molar-refractivity contribution in [1.82, 2.24) is 10.2 Å². The minimum Gasteiger partial charge on any atom is -0.336 e. The standard InChI is InChI=1S/C15H20N2O/c1-11-4-2-5-12(8-11)9-17-10-14-13(15(17)18)6-3-7-16-14/h2,4-5,8,13-14,16H,3,6-7,9-10H2,1H3. The number of likely N-dealkylation sites (tertiary alicyclic amines) is 1. The molecule has 2 aliphatic heterocycles. The summed E-state index contributed by atoms with van der Waals surface area (Å²) in [6.45, 7) is 4.79. The molecule has 2 atom stereocenters. The van der Waals surface area contributed by atoms with E-state index in [2.05, 4.69) is 36.5 Å². The zero-order valence-corrected chi connectivity index (χ0v) is 10.9. The molecule has 1 N–H and O–H groups in total. The van der Waals surface area contributed by atoms with Gasteiger partial charge >= 0.3 is 0 Å². The molecule has 1 amide bonds. The number of rotatable bonds is 2. The Morgan fingerprint density at radius 2 is 2.33 bits per heavy atom. The van der Waals surface area contributed by atoms with E-state index in [1.165, 1.54) is 11.1 Å². The third-order valence-electron chi connectivity index (χ3n) is 4.09. The summed E-state index contributed by atoms with van der Waals surface area (Å²) in [6.07, 6.45) is 2.19. The lowest BCUT2D eigenvalue weighted by Crippen LogP contribution is -2.41. The fourth-order valence-corrected chi connectivity index (χ4v) is 3.18. The second-order valence-corrected chi connectivity index (χ2v) is 5.52. The lowest BCUT2D eigenvalue weighted by Gasteiger charge is -2.23. The average molecular weight is 244 g/mol. The topological polar surface area (TPSA) is 32.3 Å². The molecule has 18 heavy (non-hydrogen) atoms. The summed E-state index contributed by atoms with van der Waals surface area (Å²) in [7, 11) is 0. The lowest BCUT2D eigenvalue weighted by atomic mass is 9.94. The van der Waals surface area contributed by atoms with Crippen LogP contribution in [0.2, 0.25) is 0 Å². The number of benzene rings is 1. The molecule has 0 aromatic heterocycles. The van der Waals surface area contributed by atoms with Gasteiger partial charge in [0, 0.05) is 19.1 Å². The summed E-state index contributed by atoms with van der Waals surface area (Å²) < 4.78 is 0. The van der Waals surface area contributed by atoms with Crippen molar-refractivity contribution in [2.24, 2.45) is 5.92 Å². The Balaban J connectivity index is 1.72. The molecule has 1 aromatic rings. The Hall–Kier alpha value is -1.35. The lowest BCUT2D eigenvalue weighted by molar-refractivity contribution is -0.131. The number of hydrogen-bond donors (Lipinski definition) is 1. The van der Waals surface area contributed by atoms with Crippen LogP contribution in [0.25, 0.3) is 0 Å². The molecule has 2 unspecified atom stereocenters. The number of carbonyl (C=O) groups is 1. The van der Waals surface area contributed by atoms with Crippen molar-refractivity contribution in [3.8, 4) is 0 Å². The van der Waals surface area contributed by atoms with E-state index >= 15 is 0 Å². The Bertz CT molecular complexity index is 458. The Morgan fingerprint density at radius 3 is 3.11 bits per heavy atom. The van der Waals surface area contributed by atoms with E-state index in [0.29, 0.717) is 11.9 Å². The molecule has 3 heteroatoms. The predicted molar refractivity (Wildman–Crippen MR) is 71.1 cm³/mol. The summed E-state index contributed by atoms with van der Waals surface area (Å²) in [5.41, 5.74) is 2.50. The van der Waals surface area contributed by atoms with Gasteiger partial charge in [-0.15, -0.1) is 0 Å². The minimum atomic E-state index is 0.226. The van der Waals surface area contributed by atoms with Gasteiger partial charge in [0.05, 0.1) is 5.92 Å². The molecule has 0 radical (unpaired) electrons. The first kappa shape index (κ1) is 11.7. The fraction of sp³-hybridized carbons (Fsp3) is 0.533. The summed E-state index contributed by atoms with van der Waals surface area (Å²) >= 11 is 0. The minimum absolute atomic E-state index is 0.226. The van der Waals surface area contributed by atoms with Gasteiger partial charge < -0.3 is 10.2 Å². The van der Waals surface area contributed by atoms with E-state index in [4.69, 9.17) is 0 Å². The third kappa shape index (κ3) is 2.15. The second-order valence-electron chi connectivity index (χ2n) is 5.52. The Morgan fingerprint density at radius 1 is 1.44 bits per heavy atom. The highest BCUT2D eigenvalue weighted by Crippen LogP contribution is 2.27. The molecule has 0 bridgehead atoms. The van der Waals surface area contributed by atoms with Gasteiger partial charge in [-0.25, -0.2) is 0 Å². The Kier molecular flexibility index (Phi) is 3.08. The summed E-state index contributed by atoms with van der Waals surface area (Å²) in [5, 5.41) is 3.48. The number of carbonyl (C=O) groups excluding carboxylic acids is 1. The van der Waals surface area contributed by atoms with Crippen LogP contribution in [0.4, 0.5) is 0 Å². The molecule has 2 aliphatic rings. The molecule has 3 rings (SSSR count). The average Bonchev–Trinajstić information content (AvgIpc) is 2.67. The highest BCUT2D eigenvalue weighted by atomic mass is 16.2. The zero-order valence-electron chi connectivity index (χ0n) is 10.9. The number of nitrogens with one attached hydrogen (secondary N) is 1. The number of hydrogen-bond acceptors (Lipinski definition) is 2. The quantitative estimate of drug-likeness (QED) is 0.859. The van der Waals surface area contributed by atoms with Crippen molar-refractivity contribution in [2.75, 3.05) is 13.1 Å². The number of aryl methyl sites for hydroxylation is 1. The van der Waals surface area contributed by atoms with Crippen LogP contribution in [-0.2, 0) is 11.3 Å². The first-order valence-corrected chi connectivity index (χ1v) is 6.82. The maximum absolute atomic E-state index is 12.3. The molecule has 96 valence electrons. The molecule has 3 nitrogen and oxygen atoms in total. The molecule has 0 aliphatic carbocycles. The smallest absolute Gasteiger partial charge is 0.227 e. The van der Waals surface area contributed by atoms with E-state index in [9.17, 15) is 4.79 Å². The molecule has 0 spiro atoms. The van der Waals surface area contributed by atoms with Crippen molar-refractivity contribution in [1.29, 1.82) is 0 Å². The van der Waals surface area contributed by atoms with Crippen LogP contribution in [0, 0.1) is 12.8 Å². The molecular weight excluding hydrogens is 224 g/mol. The molecule has 0 saturated carbocycles. The van der Waals surface area contributed by atoms with Gasteiger partial charge in [-0.2, -0.15) is 0 Å². The normalized spacial score (nSPS) is 27.4. The van der Waals surface area contributed by atoms with Crippen LogP contribution in [0.3, 0.4) is 0 Å². The highest BCUT2D eigenvalue weighted by Gasteiger charge is 2.40. The first-order valence-electron chi connectivity index (χ1n) is 6.82. The van der Waals surface area contributed by atoms with E-state index in [1.807, 2.05) is 4.90 Å². The van der Waals surface area contributed by atoms with E-state index in [0.717, 1.165) is 32.5 Å². The van der Waals surface area contributed by atoms with Gasteiger partial charge in [0.15, 0.2) is 0 Å². The van der Waals surface area contributed by atoms with Crippen molar-refractivity contribution in [3.63, 3.8) is 0 Å². The van der Waals surface area contributed by atoms with Crippen molar-refractivity contribution in [2.45, 2.75) is 32.4 Å². The van der Waals surface area contributed by atoms with Crippen LogP contribution in [0.1, 0.15) is 24.0 Å². The highest BCUT2D eigenvalue weighted by molar-refractivity contribution is 5.82. The Labute approximate surface area is 108 Å². The van der Waals surface area contributed by atoms with Gasteiger partial charge in [-0.05, 0) is 31.9 Å². The summed E-state index contributed by atoms with van der Waals surface area (Å²) in [5.74, 6) is 0.567. The predicted octanol–water partition coefficient (Wildman–Crippen LogP) is 1.71. The van der Waals surface area contributed by atoms with Crippen LogP contribution in [0.5, 0.6) is 0 Å². The van der Waals surface area contributed by atoms with Gasteiger partial charge in [0.2, 0.25) is 5.91 Å². The van der Waals surface area contributed by atoms with Crippen molar-refractivity contribution in [3.05, 3.63) is 35.4 Å². The molecule has 2 heterocycles. The van der Waals surface area contributed by atoms with Gasteiger partial charge in [0.1, 0.15) is 0 Å². The largest absolute Gasteiger partial charge is 0.336 e. The molecular formula is C15H20N2O. The molecule has 1 aromatic carbocycles. The molecule has 2 saturated heterocycles. The van der Waals surface area contributed by atoms with Crippen LogP contribution in [-0.4, -0.2) is 29.9 Å². The van der Waals surface area contributed by atoms with Crippen LogP contribution in [0.15, 0.2) is 24.3 Å². The van der Waals surface area contributed by atoms with Gasteiger partial charge in [-0.1, -0.05) is 29.8 Å². The monoisotopic (exact) mass is 244 g/mol. The molecule has 2 fully saturated rings. The fourth-order valence-electron chi connectivity index (χ4n) is 3.18. The summed E-state index contributed by atoms with van der Waals surface area (Å²) in [4.78, 5) is 14.3. The summed E-state index contributed by atoms with van der Waals surface area (Å²) in [6, 6.07) is 8.82.